The Balaban J connectivity index is -0.000000397. The molecule has 5 rings (SSSR count). The number of carboxylic acids is 5. The van der Waals surface area contributed by atoms with Crippen LogP contribution in [-0.4, -0.2) is 238 Å². The Morgan fingerprint density at radius 2 is 1.11 bits per heavy atom. The number of hydrogen-bond acceptors (Lipinski definition) is 21. The molecule has 3 aromatic rings. The maximum absolute atomic E-state index is 11.0. The van der Waals surface area contributed by atoms with Crippen molar-refractivity contribution in [1.29, 1.82) is 0 Å². The van der Waals surface area contributed by atoms with E-state index in [9.17, 15) is 38.1 Å². The molecule has 2 aromatic carbocycles. The summed E-state index contributed by atoms with van der Waals surface area (Å²) < 4.78 is 18.6. The number of rotatable bonds is 32. The molecule has 2 fully saturated rings. The number of benzene rings is 2. The van der Waals surface area contributed by atoms with Crippen LogP contribution in [0.15, 0.2) is 163 Å². The molecule has 0 radical (unpaired) electrons. The molecule has 0 aliphatic heterocycles. The smallest absolute Gasteiger partial charge is 0.469 e. The average molecular weight is 1650 g/mol. The van der Waals surface area contributed by atoms with Crippen LogP contribution in [0.5, 0.6) is 0 Å². The fraction of sp³-hybridized carbons (Fsp3) is 0.463. The van der Waals surface area contributed by atoms with E-state index in [0.717, 1.165) is 55.2 Å². The lowest BCUT2D eigenvalue weighted by Gasteiger charge is -2.29. The predicted octanol–water partition coefficient (Wildman–Crippen LogP) is 8.66. The predicted molar refractivity (Wildman–Crippen MR) is 466 cm³/mol. The molecular formula is C80H133N18O17P. The fourth-order valence-corrected chi connectivity index (χ4v) is 8.83. The van der Waals surface area contributed by atoms with E-state index in [2.05, 4.69) is 162 Å². The summed E-state index contributed by atoms with van der Waals surface area (Å²) in [5.74, 6) is -3.81. The lowest BCUT2D eigenvalue weighted by molar-refractivity contribution is -0.142. The third-order valence-electron chi connectivity index (χ3n) is 13.9. The van der Waals surface area contributed by atoms with E-state index in [1.165, 1.54) is 87.7 Å². The number of nitrogens with one attached hydrogen (secondary N) is 7. The van der Waals surface area contributed by atoms with E-state index in [4.69, 9.17) is 52.5 Å². The molecule has 0 saturated heterocycles. The number of nitrogen functional groups attached to an aromatic ring is 3. The molecule has 116 heavy (non-hydrogen) atoms. The first kappa shape index (κ1) is 113. The number of guanidine groups is 3. The highest BCUT2D eigenvalue weighted by Crippen LogP contribution is 2.35. The number of hydrogen-bond donors (Lipinski definition) is 17. The van der Waals surface area contributed by atoms with Crippen molar-refractivity contribution in [2.75, 3.05) is 111 Å². The number of amides is 1. The lowest BCUT2D eigenvalue weighted by Crippen LogP contribution is -2.48. The van der Waals surface area contributed by atoms with Crippen LogP contribution in [-0.2, 0) is 47.4 Å². The van der Waals surface area contributed by atoms with Crippen molar-refractivity contribution in [3.63, 3.8) is 0 Å². The minimum atomic E-state index is -4.46. The second-order valence-electron chi connectivity index (χ2n) is 25.5. The van der Waals surface area contributed by atoms with Gasteiger partial charge in [-0.3, -0.25) is 33.6 Å². The summed E-state index contributed by atoms with van der Waals surface area (Å²) in [6.07, 6.45) is 24.4. The van der Waals surface area contributed by atoms with Crippen molar-refractivity contribution < 1.29 is 82.7 Å². The van der Waals surface area contributed by atoms with Crippen LogP contribution in [0.3, 0.4) is 0 Å². The number of carboxylic acid groups (broad SMARTS) is 5. The third kappa shape index (κ3) is 76.6. The summed E-state index contributed by atoms with van der Waals surface area (Å²) >= 11 is 0. The van der Waals surface area contributed by atoms with Crippen LogP contribution in [0, 0.1) is 0 Å². The molecule has 2 saturated carbocycles. The molecule has 36 heteroatoms. The van der Waals surface area contributed by atoms with Crippen molar-refractivity contribution in [3.8, 4) is 0 Å². The number of phosphoric acid groups is 1. The largest absolute Gasteiger partial charge is 0.481 e. The molecule has 0 bridgehead atoms. The first-order valence-corrected chi connectivity index (χ1v) is 38.7. The van der Waals surface area contributed by atoms with Gasteiger partial charge in [-0.15, -0.1) is 19.7 Å². The molecule has 0 unspecified atom stereocenters. The van der Waals surface area contributed by atoms with Gasteiger partial charge in [-0.25, -0.2) is 28.9 Å². The van der Waals surface area contributed by atoms with Crippen molar-refractivity contribution in [1.82, 2.24) is 62.0 Å². The summed E-state index contributed by atoms with van der Waals surface area (Å²) in [5, 5.41) is 63.5. The van der Waals surface area contributed by atoms with Gasteiger partial charge in [-0.1, -0.05) is 151 Å². The molecule has 2 aliphatic carbocycles. The Bertz CT molecular complexity index is 3470. The molecule has 20 N–H and O–H groups in total. The number of phosphoric ester groups is 1. The Hall–Kier alpha value is -11.4. The molecule has 0 spiro atoms. The number of esters is 1. The molecule has 1 heterocycles. The summed E-state index contributed by atoms with van der Waals surface area (Å²) in [7, 11) is 3.11. The van der Waals surface area contributed by atoms with E-state index in [-0.39, 0.29) is 49.7 Å². The zero-order chi connectivity index (χ0) is 89.4. The highest BCUT2D eigenvalue weighted by Gasteiger charge is 2.20. The van der Waals surface area contributed by atoms with Crippen molar-refractivity contribution >= 4 is 103 Å². The number of nitrogens with zero attached hydrogens (tertiary/aromatic N) is 8. The highest BCUT2D eigenvalue weighted by atomic mass is 31.2. The van der Waals surface area contributed by atoms with Crippen molar-refractivity contribution in [2.24, 2.45) is 15.0 Å². The van der Waals surface area contributed by atoms with Gasteiger partial charge in [0.15, 0.2) is 23.7 Å². The Labute approximate surface area is 685 Å². The summed E-state index contributed by atoms with van der Waals surface area (Å²) in [4.78, 5) is 116. The normalized spacial score (nSPS) is 11.9. The lowest BCUT2D eigenvalue weighted by atomic mass is 9.95. The van der Waals surface area contributed by atoms with Gasteiger partial charge < -0.3 is 99.4 Å². The minimum absolute atomic E-state index is 0.0474. The van der Waals surface area contributed by atoms with E-state index in [0.29, 0.717) is 61.3 Å². The van der Waals surface area contributed by atoms with E-state index >= 15 is 0 Å². The quantitative estimate of drug-likeness (QED) is 0.00406. The van der Waals surface area contributed by atoms with Gasteiger partial charge in [0.05, 0.1) is 44.8 Å². The maximum atomic E-state index is 11.0. The van der Waals surface area contributed by atoms with Gasteiger partial charge in [0.1, 0.15) is 6.61 Å². The summed E-state index contributed by atoms with van der Waals surface area (Å²) in [6.45, 7) is 45.0. The minimum Gasteiger partial charge on any atom is -0.481 e. The first-order valence-electron chi connectivity index (χ1n) is 37.2. The summed E-state index contributed by atoms with van der Waals surface area (Å²) in [6, 6.07) is 19.6. The number of aromatic nitrogens is 3. The van der Waals surface area contributed by atoms with Crippen molar-refractivity contribution in [3.05, 3.63) is 165 Å². The zero-order valence-corrected chi connectivity index (χ0v) is 70.6. The zero-order valence-electron chi connectivity index (χ0n) is 69.7. The second kappa shape index (κ2) is 72.6. The molecule has 1 amide bonds. The number of aliphatic imine (C=N–C) groups is 3. The Kier molecular flexibility index (Phi) is 70.8. The van der Waals surface area contributed by atoms with Crippen molar-refractivity contribution in [2.45, 2.75) is 150 Å². The number of nitrogens with two attached hydrogens (primary N) is 3. The van der Waals surface area contributed by atoms with Crippen LogP contribution < -0.4 is 54.4 Å². The SMILES string of the molecule is C=C(C)C(=O)NCCCN(C)C.C=C(C)C(=O)OCCOP(=O)(O)O.C=CCN=C(NC(C)C)NC(C)C.C=CCN=C(NC1CCCCC1)NC1CCCCC1.C=CCNC(=NC)NC.C=Cc1ccc(N)cc1.C=Cc1ccccc1.C=Cc1nc(N)nc(N)n1.CCN(CC(=O)O)CC(=O)O.O=C(O)/C=C(\CC(=O)O)C(=O)O. The number of likely N-dealkylation sites (N-methyl/N-ethyl adjacent to an activating group) is 1. The molecule has 650 valence electrons. The van der Waals surface area contributed by atoms with Gasteiger partial charge in [0.2, 0.25) is 17.8 Å². The third-order valence-corrected chi connectivity index (χ3v) is 14.4. The van der Waals surface area contributed by atoms with E-state index in [1.54, 1.807) is 39.1 Å². The first-order chi connectivity index (χ1) is 54.6. The molecule has 0 atom stereocenters. The highest BCUT2D eigenvalue weighted by molar-refractivity contribution is 7.46. The Morgan fingerprint density at radius 1 is 0.638 bits per heavy atom. The summed E-state index contributed by atoms with van der Waals surface area (Å²) in [5.41, 5.74) is 19.1. The van der Waals surface area contributed by atoms with E-state index in [1.807, 2.05) is 87.9 Å². The Morgan fingerprint density at radius 3 is 1.46 bits per heavy atom. The fourth-order valence-electron chi connectivity index (χ4n) is 8.52. The van der Waals surface area contributed by atoms with Gasteiger partial charge in [0.25, 0.3) is 0 Å². The van der Waals surface area contributed by atoms with Crippen LogP contribution in [0.25, 0.3) is 18.2 Å². The van der Waals surface area contributed by atoms with Gasteiger partial charge in [-0.05, 0) is 130 Å². The maximum Gasteiger partial charge on any atom is 0.469 e. The molecule has 2 aliphatic rings. The number of carbonyl (C=O) groups is 7. The number of aliphatic carboxylic acids is 5. The molecule has 1 aromatic heterocycles. The number of anilines is 3. The van der Waals surface area contributed by atoms with Crippen LogP contribution in [0.2, 0.25) is 0 Å². The van der Waals surface area contributed by atoms with E-state index < -0.39 is 55.6 Å². The van der Waals surface area contributed by atoms with Crippen LogP contribution in [0.4, 0.5) is 17.6 Å². The standard InChI is InChI=1S/C16H29N3.C10H21N3.C9H18N2O.C8H9N.C8H8.C6H13N3.C6H11NO4.C6H11O6P.C6H6O6.C5H7N5/c1-2-13-17-16(18-14-9-5-3-6-10-14)19-15-11-7-4-8-12-15;1-6-7-11-10(12-8(2)3)13-9(4)5;1-8(2)9(12)10-6-5-7-11(3)4;1-2-7-3-5-8(9)6-4-7;1-2-8-6-4-3-5-7-8;1-4-5-9-6(7-2)8-3;1-2-7(3-5(8)9)4-6(10)11;1-5(2)6(7)11-3-4-12-13(8,9)10;7-4(8)1-3(6(11)12)2-5(9)10;1-2-3-8-4(6)10-5(7)9-3/h2,14-15H,1,3-13H2,(H2,17,18,19);6,8-9H,1,7H2,2-5H3,(H2,11,12,13);1,5-7H2,2-4H3,(H,10,12);2-6H,1,9H2;2-7H,1H2;4H,1,5H2,2-3H3,(H2,7,8,9);2-4H2,1H3,(H,8,9)(H,10,11);1,3-4H2,2H3,(H2,8,9,10);1H,2H2,(H,7,8)(H,9,10)(H,11,12);2H,1H2,(H4,6,7,8,9,10)/b;;;;;;;;3-1+;. The van der Waals surface area contributed by atoms with Crippen LogP contribution >= 0.6 is 7.82 Å². The topological polar surface area (TPSA) is 541 Å². The second-order valence-corrected chi connectivity index (χ2v) is 26.8. The van der Waals surface area contributed by atoms with Crippen LogP contribution in [0.1, 0.15) is 142 Å². The van der Waals surface area contributed by atoms with Gasteiger partial charge in [0, 0.05) is 74.3 Å². The number of carbonyl (C=O) groups excluding carboxylic acids is 2. The molecular weight excluding hydrogens is 1520 g/mol. The average Bonchev–Trinajstić information content (AvgIpc) is 0.922. The monoisotopic (exact) mass is 1650 g/mol. The van der Waals surface area contributed by atoms with Gasteiger partial charge >= 0.3 is 43.6 Å². The molecule has 35 nitrogen and oxygen atoms in total. The van der Waals surface area contributed by atoms with Gasteiger partial charge in [-0.2, -0.15) is 15.0 Å². The number of ether oxygens (including phenoxy) is 1.